The Bertz CT molecular complexity index is 351. The average Bonchev–Trinajstić information content (AvgIpc) is 2.86. The Hall–Kier alpha value is -1.14. The molecule has 1 aliphatic heterocycles. The van der Waals surface area contributed by atoms with E-state index in [1.165, 1.54) is 12.8 Å². The van der Waals surface area contributed by atoms with Crippen LogP contribution in [0.3, 0.4) is 0 Å². The normalized spacial score (nSPS) is 20.5. The molecule has 2 rings (SSSR count). The maximum absolute atomic E-state index is 5.62. The third kappa shape index (κ3) is 2.95. The van der Waals surface area contributed by atoms with E-state index in [4.69, 9.17) is 10.2 Å². The predicted octanol–water partition coefficient (Wildman–Crippen LogP) is 0.101. The molecule has 0 aliphatic carbocycles. The second-order valence-electron chi connectivity index (χ2n) is 4.77. The first-order valence-corrected chi connectivity index (χ1v) is 6.14. The minimum absolute atomic E-state index is 0.483. The fourth-order valence-electron chi connectivity index (χ4n) is 2.28. The van der Waals surface area contributed by atoms with Gasteiger partial charge in [0.1, 0.15) is 0 Å². The lowest BCUT2D eigenvalue weighted by Gasteiger charge is -2.25. The molecule has 0 amide bonds. The topological polar surface area (TPSA) is 71.4 Å². The Kier molecular flexibility index (Phi) is 3.96. The Morgan fingerprint density at radius 1 is 1.47 bits per heavy atom. The largest absolute Gasteiger partial charge is 0.408 e. The van der Waals surface area contributed by atoms with E-state index in [0.717, 1.165) is 13.1 Å². The van der Waals surface area contributed by atoms with Gasteiger partial charge >= 0.3 is 6.01 Å². The summed E-state index contributed by atoms with van der Waals surface area (Å²) in [6.07, 6.45) is 3.03. The fourth-order valence-corrected chi connectivity index (χ4v) is 2.28. The van der Waals surface area contributed by atoms with Gasteiger partial charge in [0.25, 0.3) is 0 Å². The highest BCUT2D eigenvalue weighted by molar-refractivity contribution is 5.29. The summed E-state index contributed by atoms with van der Waals surface area (Å²) in [6.45, 7) is 2.57. The Morgan fingerprint density at radius 3 is 3.00 bits per heavy atom. The number of nitrogens with zero attached hydrogens (tertiary/aromatic N) is 4. The molecule has 96 valence electrons. The summed E-state index contributed by atoms with van der Waals surface area (Å²) in [6, 6.07) is 1.13. The minimum Gasteiger partial charge on any atom is -0.408 e. The molecule has 17 heavy (non-hydrogen) atoms. The van der Waals surface area contributed by atoms with Gasteiger partial charge in [-0.2, -0.15) is 0 Å². The van der Waals surface area contributed by atoms with Crippen molar-refractivity contribution >= 4 is 6.01 Å². The molecular formula is C11H21N5O. The van der Waals surface area contributed by atoms with Crippen LogP contribution >= 0.6 is 0 Å². The van der Waals surface area contributed by atoms with E-state index < -0.39 is 0 Å². The molecule has 1 saturated heterocycles. The number of likely N-dealkylation sites (N-methyl/N-ethyl adjacent to an activating group) is 1. The van der Waals surface area contributed by atoms with Gasteiger partial charge in [-0.05, 0) is 26.9 Å². The van der Waals surface area contributed by atoms with Crippen molar-refractivity contribution in [3.63, 3.8) is 0 Å². The molecule has 0 aromatic carbocycles. The Morgan fingerprint density at radius 2 is 2.29 bits per heavy atom. The highest BCUT2D eigenvalue weighted by Gasteiger charge is 2.28. The highest BCUT2D eigenvalue weighted by atomic mass is 16.4. The SMILES string of the molecule is CN(C)CC1CCCN1c1nnc(CCN)o1. The van der Waals surface area contributed by atoms with Crippen LogP contribution in [-0.2, 0) is 6.42 Å². The van der Waals surface area contributed by atoms with E-state index in [9.17, 15) is 0 Å². The van der Waals surface area contributed by atoms with Crippen LogP contribution in [0.15, 0.2) is 4.42 Å². The molecule has 2 heterocycles. The second-order valence-corrected chi connectivity index (χ2v) is 4.77. The Balaban J connectivity index is 2.03. The molecule has 6 nitrogen and oxygen atoms in total. The molecule has 1 aromatic heterocycles. The molecule has 0 saturated carbocycles. The summed E-state index contributed by atoms with van der Waals surface area (Å²) in [5.74, 6) is 0.637. The number of rotatable bonds is 5. The smallest absolute Gasteiger partial charge is 0.318 e. The van der Waals surface area contributed by atoms with E-state index in [1.807, 2.05) is 0 Å². The molecule has 1 unspecified atom stereocenters. The number of hydrogen-bond donors (Lipinski definition) is 1. The van der Waals surface area contributed by atoms with Crippen molar-refractivity contribution in [1.29, 1.82) is 0 Å². The minimum atomic E-state index is 0.483. The van der Waals surface area contributed by atoms with Gasteiger partial charge < -0.3 is 20.0 Å². The molecule has 1 aliphatic rings. The van der Waals surface area contributed by atoms with Crippen molar-refractivity contribution in [2.45, 2.75) is 25.3 Å². The van der Waals surface area contributed by atoms with Crippen molar-refractivity contribution in [1.82, 2.24) is 15.1 Å². The molecule has 1 atom stereocenters. The molecule has 2 N–H and O–H groups in total. The quantitative estimate of drug-likeness (QED) is 0.786. The molecule has 0 spiro atoms. The molecule has 0 bridgehead atoms. The fraction of sp³-hybridized carbons (Fsp3) is 0.818. The van der Waals surface area contributed by atoms with E-state index in [0.29, 0.717) is 30.9 Å². The van der Waals surface area contributed by atoms with Crippen LogP contribution in [0.5, 0.6) is 0 Å². The lowest BCUT2D eigenvalue weighted by Crippen LogP contribution is -2.37. The Labute approximate surface area is 102 Å². The first-order chi connectivity index (χ1) is 8.20. The van der Waals surface area contributed by atoms with Crippen molar-refractivity contribution < 1.29 is 4.42 Å². The highest BCUT2D eigenvalue weighted by Crippen LogP contribution is 2.24. The number of nitrogens with two attached hydrogens (primary N) is 1. The summed E-state index contributed by atoms with van der Waals surface area (Å²) in [5, 5.41) is 8.12. The lowest BCUT2D eigenvalue weighted by atomic mass is 10.2. The van der Waals surface area contributed by atoms with Crippen LogP contribution in [0.2, 0.25) is 0 Å². The van der Waals surface area contributed by atoms with E-state index in [2.05, 4.69) is 34.1 Å². The molecule has 6 heteroatoms. The summed E-state index contributed by atoms with van der Waals surface area (Å²) in [4.78, 5) is 4.41. The average molecular weight is 239 g/mol. The standard InChI is InChI=1S/C11H21N5O/c1-15(2)8-9-4-3-7-16(9)11-14-13-10(17-11)5-6-12/h9H,3-8,12H2,1-2H3. The van der Waals surface area contributed by atoms with Gasteiger partial charge in [0.2, 0.25) is 5.89 Å². The van der Waals surface area contributed by atoms with Crippen molar-refractivity contribution in [2.24, 2.45) is 5.73 Å². The van der Waals surface area contributed by atoms with Crippen LogP contribution in [0.25, 0.3) is 0 Å². The van der Waals surface area contributed by atoms with Gasteiger partial charge in [-0.3, -0.25) is 0 Å². The van der Waals surface area contributed by atoms with Crippen LogP contribution in [0.4, 0.5) is 6.01 Å². The predicted molar refractivity (Wildman–Crippen MR) is 66.0 cm³/mol. The maximum Gasteiger partial charge on any atom is 0.318 e. The zero-order valence-electron chi connectivity index (χ0n) is 10.6. The zero-order chi connectivity index (χ0) is 12.3. The zero-order valence-corrected chi connectivity index (χ0v) is 10.6. The molecule has 1 fully saturated rings. The van der Waals surface area contributed by atoms with E-state index in [1.54, 1.807) is 0 Å². The number of hydrogen-bond acceptors (Lipinski definition) is 6. The van der Waals surface area contributed by atoms with Crippen molar-refractivity contribution in [3.8, 4) is 0 Å². The number of aromatic nitrogens is 2. The van der Waals surface area contributed by atoms with Gasteiger partial charge in [0, 0.05) is 32.1 Å². The first-order valence-electron chi connectivity index (χ1n) is 6.14. The van der Waals surface area contributed by atoms with Crippen LogP contribution in [-0.4, -0.2) is 54.9 Å². The lowest BCUT2D eigenvalue weighted by molar-refractivity contribution is 0.363. The van der Waals surface area contributed by atoms with Gasteiger partial charge in [0.15, 0.2) is 0 Å². The van der Waals surface area contributed by atoms with Crippen molar-refractivity contribution in [2.75, 3.05) is 38.6 Å². The van der Waals surface area contributed by atoms with Crippen molar-refractivity contribution in [3.05, 3.63) is 5.89 Å². The first kappa shape index (κ1) is 12.3. The van der Waals surface area contributed by atoms with E-state index >= 15 is 0 Å². The summed E-state index contributed by atoms with van der Waals surface area (Å²) >= 11 is 0. The van der Waals surface area contributed by atoms with Gasteiger partial charge in [-0.1, -0.05) is 5.10 Å². The number of anilines is 1. The summed E-state index contributed by atoms with van der Waals surface area (Å²) < 4.78 is 5.62. The second kappa shape index (κ2) is 5.46. The third-order valence-corrected chi connectivity index (χ3v) is 3.01. The maximum atomic E-state index is 5.62. The van der Waals surface area contributed by atoms with Gasteiger partial charge in [0.05, 0.1) is 0 Å². The summed E-state index contributed by atoms with van der Waals surface area (Å²) in [5.41, 5.74) is 5.47. The molecule has 1 aromatic rings. The summed E-state index contributed by atoms with van der Waals surface area (Å²) in [7, 11) is 4.17. The monoisotopic (exact) mass is 239 g/mol. The third-order valence-electron chi connectivity index (χ3n) is 3.01. The van der Waals surface area contributed by atoms with E-state index in [-0.39, 0.29) is 0 Å². The van der Waals surface area contributed by atoms with Gasteiger partial charge in [-0.25, -0.2) is 0 Å². The van der Waals surface area contributed by atoms with Gasteiger partial charge in [-0.15, -0.1) is 5.10 Å². The van der Waals surface area contributed by atoms with Crippen LogP contribution in [0, 0.1) is 0 Å². The molecule has 0 radical (unpaired) electrons. The molecular weight excluding hydrogens is 218 g/mol. The van der Waals surface area contributed by atoms with Crippen LogP contribution in [0.1, 0.15) is 18.7 Å². The van der Waals surface area contributed by atoms with Crippen LogP contribution < -0.4 is 10.6 Å².